The Kier molecular flexibility index (Phi) is 4.65. The minimum absolute atomic E-state index is 0.113. The fourth-order valence-corrected chi connectivity index (χ4v) is 5.62. The summed E-state index contributed by atoms with van der Waals surface area (Å²) in [5.74, 6) is -2.42. The van der Waals surface area contributed by atoms with Crippen LogP contribution in [0.5, 0.6) is 5.75 Å². The Morgan fingerprint density at radius 3 is 1.96 bits per heavy atom. The Morgan fingerprint density at radius 1 is 1.07 bits per heavy atom. The second-order valence-corrected chi connectivity index (χ2v) is 9.01. The van der Waals surface area contributed by atoms with Crippen molar-refractivity contribution in [2.75, 3.05) is 0 Å². The van der Waals surface area contributed by atoms with E-state index in [1.807, 2.05) is 13.8 Å². The third-order valence-electron chi connectivity index (χ3n) is 6.36. The number of hydrogen-bond acceptors (Lipinski definition) is 4. The van der Waals surface area contributed by atoms with Gasteiger partial charge < -0.3 is 19.4 Å². The van der Waals surface area contributed by atoms with Crippen molar-refractivity contribution in [3.8, 4) is 5.75 Å². The minimum Gasteiger partial charge on any atom is -0.545 e. The van der Waals surface area contributed by atoms with E-state index in [9.17, 15) is 18.7 Å². The van der Waals surface area contributed by atoms with E-state index in [4.69, 9.17) is 9.47 Å². The molecular formula is C21H25F2O4-. The molecule has 0 aliphatic heterocycles. The van der Waals surface area contributed by atoms with Gasteiger partial charge in [0.05, 0.1) is 11.6 Å². The van der Waals surface area contributed by atoms with Gasteiger partial charge in [0.25, 0.3) is 0 Å². The average Bonchev–Trinajstić information content (AvgIpc) is 2.55. The number of benzene rings is 1. The van der Waals surface area contributed by atoms with Gasteiger partial charge in [-0.25, -0.2) is 8.78 Å². The number of carboxylic acids is 1. The van der Waals surface area contributed by atoms with E-state index >= 15 is 0 Å². The highest BCUT2D eigenvalue weighted by Crippen LogP contribution is 2.57. The van der Waals surface area contributed by atoms with Gasteiger partial charge in [-0.05, 0) is 68.4 Å². The summed E-state index contributed by atoms with van der Waals surface area (Å²) in [6.07, 6.45) is 5.97. The van der Waals surface area contributed by atoms with E-state index in [1.165, 1.54) is 19.3 Å². The summed E-state index contributed by atoms with van der Waals surface area (Å²) in [6, 6.07) is 1.44. The van der Waals surface area contributed by atoms with Crippen LogP contribution in [0.25, 0.3) is 0 Å². The molecule has 0 heterocycles. The molecule has 5 rings (SSSR count). The van der Waals surface area contributed by atoms with Crippen molar-refractivity contribution in [2.45, 2.75) is 64.3 Å². The fourth-order valence-electron chi connectivity index (χ4n) is 5.62. The molecule has 148 valence electrons. The van der Waals surface area contributed by atoms with Crippen molar-refractivity contribution in [3.05, 3.63) is 29.3 Å². The monoisotopic (exact) mass is 379 g/mol. The molecule has 1 aromatic rings. The molecule has 4 saturated carbocycles. The van der Waals surface area contributed by atoms with Crippen molar-refractivity contribution >= 4 is 5.97 Å². The van der Waals surface area contributed by atoms with Gasteiger partial charge in [0, 0.05) is 11.5 Å². The Labute approximate surface area is 157 Å². The van der Waals surface area contributed by atoms with Crippen LogP contribution in [0.4, 0.5) is 8.78 Å². The average molecular weight is 379 g/mol. The Bertz CT molecular complexity index is 687. The van der Waals surface area contributed by atoms with Crippen LogP contribution in [0.1, 0.15) is 62.7 Å². The van der Waals surface area contributed by atoms with Crippen LogP contribution in [-0.4, -0.2) is 17.9 Å². The van der Waals surface area contributed by atoms with E-state index in [-0.39, 0.29) is 11.5 Å². The lowest BCUT2D eigenvalue weighted by Gasteiger charge is -2.57. The van der Waals surface area contributed by atoms with Crippen LogP contribution in [0, 0.1) is 35.3 Å². The van der Waals surface area contributed by atoms with E-state index in [1.54, 1.807) is 0 Å². The number of hydrogen-bond donors (Lipinski definition) is 0. The summed E-state index contributed by atoms with van der Waals surface area (Å²) in [7, 11) is 0. The van der Waals surface area contributed by atoms with Crippen LogP contribution < -0.4 is 9.84 Å². The molecule has 4 fully saturated rings. The zero-order chi connectivity index (χ0) is 19.3. The molecule has 27 heavy (non-hydrogen) atoms. The van der Waals surface area contributed by atoms with Gasteiger partial charge in [-0.1, -0.05) is 13.8 Å². The second-order valence-electron chi connectivity index (χ2n) is 9.01. The highest BCUT2D eigenvalue weighted by atomic mass is 19.1. The maximum Gasteiger partial charge on any atom is 0.203 e. The van der Waals surface area contributed by atoms with Crippen molar-refractivity contribution in [1.82, 2.24) is 0 Å². The van der Waals surface area contributed by atoms with E-state index in [0.717, 1.165) is 31.4 Å². The highest BCUT2D eigenvalue weighted by Gasteiger charge is 2.53. The molecule has 1 unspecified atom stereocenters. The van der Waals surface area contributed by atoms with Crippen molar-refractivity contribution in [2.24, 2.45) is 23.7 Å². The highest BCUT2D eigenvalue weighted by molar-refractivity contribution is 5.86. The van der Waals surface area contributed by atoms with Gasteiger partial charge in [0.15, 0.2) is 17.4 Å². The SMILES string of the molecule is CC(C)C(Oc1c(F)cc(C(=O)[O-])cc1F)OC12CC3CC(CC(C3)C1)C2. The van der Waals surface area contributed by atoms with Gasteiger partial charge in [-0.15, -0.1) is 0 Å². The van der Waals surface area contributed by atoms with Gasteiger partial charge in [0.2, 0.25) is 6.29 Å². The van der Waals surface area contributed by atoms with Crippen LogP contribution in [0.15, 0.2) is 12.1 Å². The molecule has 0 saturated heterocycles. The third-order valence-corrected chi connectivity index (χ3v) is 6.36. The topological polar surface area (TPSA) is 58.6 Å². The number of carboxylic acid groups (broad SMARTS) is 1. The molecule has 0 radical (unpaired) electrons. The molecule has 1 aromatic carbocycles. The summed E-state index contributed by atoms with van der Waals surface area (Å²) in [6.45, 7) is 3.77. The van der Waals surface area contributed by atoms with E-state index in [0.29, 0.717) is 17.8 Å². The predicted molar refractivity (Wildman–Crippen MR) is 91.9 cm³/mol. The first-order chi connectivity index (χ1) is 12.7. The van der Waals surface area contributed by atoms with Crippen LogP contribution in [0.3, 0.4) is 0 Å². The number of carbonyl (C=O) groups is 1. The summed E-state index contributed by atoms with van der Waals surface area (Å²) in [5.41, 5.74) is -0.817. The number of ether oxygens (including phenoxy) is 2. The minimum atomic E-state index is -1.63. The van der Waals surface area contributed by atoms with Crippen LogP contribution in [0.2, 0.25) is 0 Å². The molecule has 4 aliphatic carbocycles. The molecule has 0 spiro atoms. The molecule has 0 amide bonds. The first-order valence-electron chi connectivity index (χ1n) is 9.79. The molecule has 4 nitrogen and oxygen atoms in total. The second kappa shape index (κ2) is 6.73. The fraction of sp³-hybridized carbons (Fsp3) is 0.667. The van der Waals surface area contributed by atoms with Crippen molar-refractivity contribution < 1.29 is 28.2 Å². The largest absolute Gasteiger partial charge is 0.545 e. The smallest absolute Gasteiger partial charge is 0.203 e. The maximum absolute atomic E-state index is 14.3. The summed E-state index contributed by atoms with van der Waals surface area (Å²) in [4.78, 5) is 10.9. The number of carbonyl (C=O) groups excluding carboxylic acids is 1. The molecule has 6 heteroatoms. The number of aromatic carboxylic acids is 1. The molecular weight excluding hydrogens is 354 g/mol. The van der Waals surface area contributed by atoms with Crippen LogP contribution in [-0.2, 0) is 4.74 Å². The molecule has 0 aromatic heterocycles. The lowest BCUT2D eigenvalue weighted by molar-refractivity contribution is -0.255. The first kappa shape index (κ1) is 18.7. The Balaban J connectivity index is 1.55. The maximum atomic E-state index is 14.3. The van der Waals surface area contributed by atoms with Crippen molar-refractivity contribution in [1.29, 1.82) is 0 Å². The van der Waals surface area contributed by atoms with Gasteiger partial charge in [-0.3, -0.25) is 0 Å². The lowest BCUT2D eigenvalue weighted by Crippen LogP contribution is -2.54. The summed E-state index contributed by atoms with van der Waals surface area (Å²) >= 11 is 0. The summed E-state index contributed by atoms with van der Waals surface area (Å²) < 4.78 is 40.6. The standard InChI is InChI=1S/C21H26F2O4/c1-11(2)20(26-18-16(22)6-15(19(24)25)7-17(18)23)27-21-8-12-3-13(9-21)5-14(4-12)10-21/h6-7,11-14,20H,3-5,8-10H2,1-2H3,(H,24,25)/p-1. The first-order valence-corrected chi connectivity index (χ1v) is 9.79. The van der Waals surface area contributed by atoms with Crippen molar-refractivity contribution in [3.63, 3.8) is 0 Å². The normalized spacial score (nSPS) is 32.7. The third kappa shape index (κ3) is 3.56. The lowest BCUT2D eigenvalue weighted by atomic mass is 9.54. The molecule has 4 aliphatic rings. The Morgan fingerprint density at radius 2 is 1.56 bits per heavy atom. The quantitative estimate of drug-likeness (QED) is 0.708. The molecule has 4 bridgehead atoms. The van der Waals surface area contributed by atoms with Gasteiger partial charge in [-0.2, -0.15) is 0 Å². The number of rotatable bonds is 6. The molecule has 0 N–H and O–H groups in total. The van der Waals surface area contributed by atoms with Gasteiger partial charge in [0.1, 0.15) is 0 Å². The van der Waals surface area contributed by atoms with Gasteiger partial charge >= 0.3 is 0 Å². The Hall–Kier alpha value is -1.69. The molecule has 1 atom stereocenters. The van der Waals surface area contributed by atoms with E-state index < -0.39 is 35.2 Å². The summed E-state index contributed by atoms with van der Waals surface area (Å²) in [5, 5.41) is 10.9. The van der Waals surface area contributed by atoms with Crippen LogP contribution >= 0.6 is 0 Å². The zero-order valence-electron chi connectivity index (χ0n) is 15.7. The van der Waals surface area contributed by atoms with E-state index in [2.05, 4.69) is 0 Å². The number of halogens is 2. The zero-order valence-corrected chi connectivity index (χ0v) is 15.7. The predicted octanol–water partition coefficient (Wildman–Crippen LogP) is 3.67.